The lowest BCUT2D eigenvalue weighted by Crippen LogP contribution is -2.14. The van der Waals surface area contributed by atoms with Gasteiger partial charge in [0.25, 0.3) is 5.91 Å². The number of nitrogens with one attached hydrogen (secondary N) is 2. The van der Waals surface area contributed by atoms with Crippen molar-refractivity contribution in [3.63, 3.8) is 0 Å². The van der Waals surface area contributed by atoms with Gasteiger partial charge in [-0.25, -0.2) is 4.39 Å². The second-order valence-corrected chi connectivity index (χ2v) is 4.63. The van der Waals surface area contributed by atoms with Gasteiger partial charge in [-0.3, -0.25) is 4.79 Å². The highest BCUT2D eigenvalue weighted by Gasteiger charge is 2.14. The minimum Gasteiger partial charge on any atom is -0.361 e. The number of halogens is 1. The highest BCUT2D eigenvalue weighted by atomic mass is 19.1. The largest absolute Gasteiger partial charge is 0.361 e. The summed E-state index contributed by atoms with van der Waals surface area (Å²) in [6.07, 6.45) is 1.77. The second-order valence-electron chi connectivity index (χ2n) is 4.63. The van der Waals surface area contributed by atoms with E-state index in [2.05, 4.69) is 10.3 Å². The maximum atomic E-state index is 13.8. The molecule has 4 heteroatoms. The zero-order chi connectivity index (χ0) is 14.1. The molecule has 1 amide bonds. The van der Waals surface area contributed by atoms with Gasteiger partial charge < -0.3 is 10.3 Å². The van der Waals surface area contributed by atoms with E-state index >= 15 is 0 Å². The summed E-state index contributed by atoms with van der Waals surface area (Å²) in [5, 5.41) is 3.59. The lowest BCUT2D eigenvalue weighted by molar-refractivity contribution is 0.102. The zero-order valence-electron chi connectivity index (χ0n) is 10.9. The first kappa shape index (κ1) is 12.4. The summed E-state index contributed by atoms with van der Waals surface area (Å²) in [6, 6.07) is 12.0. The van der Waals surface area contributed by atoms with E-state index in [1.54, 1.807) is 37.4 Å². The van der Waals surface area contributed by atoms with Crippen LogP contribution >= 0.6 is 0 Å². The van der Waals surface area contributed by atoms with Gasteiger partial charge in [0.1, 0.15) is 5.82 Å². The number of anilines is 1. The third kappa shape index (κ3) is 2.05. The van der Waals surface area contributed by atoms with Crippen LogP contribution in [-0.2, 0) is 0 Å². The molecule has 0 fully saturated rings. The van der Waals surface area contributed by atoms with E-state index in [4.69, 9.17) is 0 Å². The van der Waals surface area contributed by atoms with Gasteiger partial charge in [-0.2, -0.15) is 0 Å². The quantitative estimate of drug-likeness (QED) is 0.728. The van der Waals surface area contributed by atoms with Crippen LogP contribution in [0.5, 0.6) is 0 Å². The molecular weight excluding hydrogens is 255 g/mol. The number of hydrogen-bond donors (Lipinski definition) is 2. The van der Waals surface area contributed by atoms with Crippen LogP contribution in [0, 0.1) is 12.7 Å². The Kier molecular flexibility index (Phi) is 2.99. The average Bonchev–Trinajstić information content (AvgIpc) is 2.91. The minimum absolute atomic E-state index is 0.223. The Balaban J connectivity index is 2.00. The third-order valence-electron chi connectivity index (χ3n) is 3.29. The van der Waals surface area contributed by atoms with Crippen molar-refractivity contribution in [1.29, 1.82) is 0 Å². The van der Waals surface area contributed by atoms with Gasteiger partial charge in [-0.15, -0.1) is 0 Å². The summed E-state index contributed by atoms with van der Waals surface area (Å²) in [5.74, 6) is -0.761. The first-order chi connectivity index (χ1) is 9.66. The van der Waals surface area contributed by atoms with Gasteiger partial charge in [0.05, 0.1) is 16.8 Å². The number of aromatic amines is 1. The molecule has 2 aromatic carbocycles. The summed E-state index contributed by atoms with van der Waals surface area (Å²) in [5.41, 5.74) is 2.16. The number of H-pyrrole nitrogens is 1. The fraction of sp³-hybridized carbons (Fsp3) is 0.0625. The van der Waals surface area contributed by atoms with Crippen molar-refractivity contribution in [3.8, 4) is 0 Å². The fourth-order valence-corrected chi connectivity index (χ4v) is 2.25. The van der Waals surface area contributed by atoms with Crippen LogP contribution < -0.4 is 5.32 Å². The maximum absolute atomic E-state index is 13.8. The molecule has 0 bridgehead atoms. The molecule has 0 unspecified atom stereocenters. The van der Waals surface area contributed by atoms with Crippen molar-refractivity contribution in [1.82, 2.24) is 4.98 Å². The Morgan fingerprint density at radius 1 is 1.15 bits per heavy atom. The Morgan fingerprint density at radius 2 is 1.95 bits per heavy atom. The molecule has 0 atom stereocenters. The van der Waals surface area contributed by atoms with Crippen LogP contribution in [0.3, 0.4) is 0 Å². The van der Waals surface area contributed by atoms with Crippen LogP contribution in [0.25, 0.3) is 10.9 Å². The number of benzene rings is 2. The summed E-state index contributed by atoms with van der Waals surface area (Å²) in [6.45, 7) is 1.76. The van der Waals surface area contributed by atoms with E-state index < -0.39 is 5.82 Å². The minimum atomic E-state index is -0.433. The van der Waals surface area contributed by atoms with Gasteiger partial charge in [0.2, 0.25) is 0 Å². The first-order valence-electron chi connectivity index (χ1n) is 6.29. The maximum Gasteiger partial charge on any atom is 0.257 e. The number of aromatic nitrogens is 1. The van der Waals surface area contributed by atoms with Crippen molar-refractivity contribution >= 4 is 22.5 Å². The molecule has 1 heterocycles. The molecular formula is C16H13FN2O. The average molecular weight is 268 g/mol. The Morgan fingerprint density at radius 3 is 2.75 bits per heavy atom. The summed E-state index contributed by atoms with van der Waals surface area (Å²) >= 11 is 0. The molecule has 0 aliphatic rings. The van der Waals surface area contributed by atoms with Crippen LogP contribution in [0.15, 0.2) is 48.7 Å². The van der Waals surface area contributed by atoms with Crippen molar-refractivity contribution in [2.75, 3.05) is 5.32 Å². The van der Waals surface area contributed by atoms with Crippen molar-refractivity contribution in [3.05, 3.63) is 65.6 Å². The number of hydrogen-bond acceptors (Lipinski definition) is 1. The monoisotopic (exact) mass is 268 g/mol. The van der Waals surface area contributed by atoms with Crippen molar-refractivity contribution in [2.45, 2.75) is 6.92 Å². The summed E-state index contributed by atoms with van der Waals surface area (Å²) < 4.78 is 13.8. The Bertz CT molecular complexity index is 772. The topological polar surface area (TPSA) is 44.9 Å². The van der Waals surface area contributed by atoms with Crippen molar-refractivity contribution in [2.24, 2.45) is 0 Å². The second kappa shape index (κ2) is 4.81. The normalized spacial score (nSPS) is 10.7. The van der Waals surface area contributed by atoms with Crippen molar-refractivity contribution < 1.29 is 9.18 Å². The molecule has 0 saturated heterocycles. The van der Waals surface area contributed by atoms with E-state index in [1.165, 1.54) is 6.07 Å². The van der Waals surface area contributed by atoms with Crippen LogP contribution in [0.4, 0.5) is 10.1 Å². The molecule has 3 aromatic rings. The molecule has 0 radical (unpaired) electrons. The van der Waals surface area contributed by atoms with Gasteiger partial charge in [-0.1, -0.05) is 24.3 Å². The lowest BCUT2D eigenvalue weighted by Gasteiger charge is -2.10. The fourth-order valence-electron chi connectivity index (χ4n) is 2.25. The number of carbonyl (C=O) groups excluding carboxylic acids is 1. The summed E-state index contributed by atoms with van der Waals surface area (Å²) in [7, 11) is 0. The van der Waals surface area contributed by atoms with E-state index in [1.807, 2.05) is 12.1 Å². The van der Waals surface area contributed by atoms with Crippen LogP contribution in [-0.4, -0.2) is 10.9 Å². The van der Waals surface area contributed by atoms with E-state index in [9.17, 15) is 9.18 Å². The number of para-hydroxylation sites is 2. The predicted octanol–water partition coefficient (Wildman–Crippen LogP) is 3.87. The number of aryl methyl sites for hydroxylation is 1. The highest BCUT2D eigenvalue weighted by molar-refractivity contribution is 6.12. The molecule has 3 nitrogen and oxygen atoms in total. The van der Waals surface area contributed by atoms with E-state index in [-0.39, 0.29) is 11.6 Å². The number of fused-ring (bicyclic) bond motifs is 1. The molecule has 20 heavy (non-hydrogen) atoms. The lowest BCUT2D eigenvalue weighted by atomic mass is 10.1. The molecule has 0 saturated carbocycles. The smallest absolute Gasteiger partial charge is 0.257 e. The van der Waals surface area contributed by atoms with Crippen LogP contribution in [0.2, 0.25) is 0 Å². The van der Waals surface area contributed by atoms with Gasteiger partial charge in [0, 0.05) is 11.6 Å². The summed E-state index contributed by atoms with van der Waals surface area (Å²) in [4.78, 5) is 15.4. The third-order valence-corrected chi connectivity index (χ3v) is 3.29. The molecule has 1 aromatic heterocycles. The predicted molar refractivity (Wildman–Crippen MR) is 77.4 cm³/mol. The van der Waals surface area contributed by atoms with Gasteiger partial charge in [0.15, 0.2) is 0 Å². The van der Waals surface area contributed by atoms with E-state index in [0.29, 0.717) is 11.1 Å². The highest BCUT2D eigenvalue weighted by Crippen LogP contribution is 2.22. The Labute approximate surface area is 115 Å². The standard InChI is InChI=1S/C16H13FN2O/c1-10-4-2-7-13(17)14(10)19-16(20)12-6-3-5-11-8-9-18-15(11)12/h2-9,18H,1H3,(H,19,20). The molecule has 0 spiro atoms. The SMILES string of the molecule is Cc1cccc(F)c1NC(=O)c1cccc2cc[nH]c12. The number of carbonyl (C=O) groups is 1. The van der Waals surface area contributed by atoms with Gasteiger partial charge >= 0.3 is 0 Å². The zero-order valence-corrected chi connectivity index (χ0v) is 10.9. The molecule has 0 aliphatic heterocycles. The molecule has 100 valence electrons. The number of rotatable bonds is 2. The van der Waals surface area contributed by atoms with Gasteiger partial charge in [-0.05, 0) is 30.7 Å². The van der Waals surface area contributed by atoms with Crippen LogP contribution in [0.1, 0.15) is 15.9 Å². The molecule has 2 N–H and O–H groups in total. The Hall–Kier alpha value is -2.62. The van der Waals surface area contributed by atoms with E-state index in [0.717, 1.165) is 10.9 Å². The molecule has 3 rings (SSSR count). The number of amides is 1. The molecule has 0 aliphatic carbocycles. The first-order valence-corrected chi connectivity index (χ1v) is 6.29.